The highest BCUT2D eigenvalue weighted by Crippen LogP contribution is 2.45. The molecule has 2 nitrogen and oxygen atoms in total. The molecule has 0 N–H and O–H groups in total. The van der Waals surface area contributed by atoms with Gasteiger partial charge in [0.1, 0.15) is 0 Å². The summed E-state index contributed by atoms with van der Waals surface area (Å²) in [6.07, 6.45) is -6.75. The summed E-state index contributed by atoms with van der Waals surface area (Å²) in [6.45, 7) is -2.70. The molecule has 2 rings (SSSR count). The Kier molecular flexibility index (Phi) is 4.55. The van der Waals surface area contributed by atoms with E-state index in [-0.39, 0.29) is 5.56 Å². The first-order valence-corrected chi connectivity index (χ1v) is 6.24. The van der Waals surface area contributed by atoms with Crippen molar-refractivity contribution in [2.24, 2.45) is 5.92 Å². The van der Waals surface area contributed by atoms with Crippen LogP contribution in [0.3, 0.4) is 0 Å². The second-order valence-electron chi connectivity index (χ2n) is 4.92. The van der Waals surface area contributed by atoms with Crippen LogP contribution >= 0.6 is 0 Å². The van der Waals surface area contributed by atoms with Gasteiger partial charge in [-0.25, -0.2) is 4.39 Å². The molecule has 1 saturated heterocycles. The van der Waals surface area contributed by atoms with Gasteiger partial charge in [0.15, 0.2) is 17.7 Å². The minimum atomic E-state index is -4.64. The molecule has 124 valence electrons. The Labute approximate surface area is 120 Å². The third-order valence-corrected chi connectivity index (χ3v) is 3.58. The fraction of sp³-hybridized carbons (Fsp3) is 0.538. The standard InChI is InChI=1S/C13H11F7O2/c1-5-7(4-21-11(5)13(18,19)20)6-2-3-8(14)9(15)10(6)22-12(16)17/h2-3,5,7,11-12H,4H2,1H3. The molecule has 9 heteroatoms. The van der Waals surface area contributed by atoms with E-state index in [0.717, 1.165) is 6.07 Å². The molecule has 0 aromatic heterocycles. The van der Waals surface area contributed by atoms with Crippen LogP contribution in [-0.2, 0) is 4.74 Å². The maximum atomic E-state index is 13.6. The highest BCUT2D eigenvalue weighted by atomic mass is 19.4. The fourth-order valence-electron chi connectivity index (χ4n) is 2.54. The summed E-state index contributed by atoms with van der Waals surface area (Å²) in [5.41, 5.74) is -0.279. The number of hydrogen-bond acceptors (Lipinski definition) is 2. The van der Waals surface area contributed by atoms with E-state index < -0.39 is 54.7 Å². The number of benzene rings is 1. The SMILES string of the molecule is CC1C(c2ccc(F)c(F)c2OC(F)F)COC1C(F)(F)F. The topological polar surface area (TPSA) is 18.5 Å². The Hall–Kier alpha value is -1.51. The van der Waals surface area contributed by atoms with E-state index in [1.807, 2.05) is 0 Å². The molecular formula is C13H11F7O2. The van der Waals surface area contributed by atoms with Crippen molar-refractivity contribution in [3.05, 3.63) is 29.3 Å². The van der Waals surface area contributed by atoms with Crippen LogP contribution in [0.4, 0.5) is 30.7 Å². The summed E-state index contributed by atoms with van der Waals surface area (Å²) in [5.74, 6) is -6.39. The zero-order valence-electron chi connectivity index (χ0n) is 11.1. The molecule has 0 amide bonds. The maximum absolute atomic E-state index is 13.6. The van der Waals surface area contributed by atoms with Crippen molar-refractivity contribution in [2.45, 2.75) is 31.7 Å². The summed E-state index contributed by atoms with van der Waals surface area (Å²) in [7, 11) is 0. The van der Waals surface area contributed by atoms with Crippen LogP contribution in [0.2, 0.25) is 0 Å². The lowest BCUT2D eigenvalue weighted by Crippen LogP contribution is -2.33. The van der Waals surface area contributed by atoms with E-state index in [1.165, 1.54) is 6.92 Å². The van der Waals surface area contributed by atoms with Crippen molar-refractivity contribution < 1.29 is 40.2 Å². The number of rotatable bonds is 3. The largest absolute Gasteiger partial charge is 0.431 e. The lowest BCUT2D eigenvalue weighted by Gasteiger charge is -2.22. The van der Waals surface area contributed by atoms with Crippen molar-refractivity contribution in [3.8, 4) is 5.75 Å². The summed E-state index contributed by atoms with van der Waals surface area (Å²) < 4.78 is 98.3. The normalized spacial score (nSPS) is 25.8. The Balaban J connectivity index is 2.39. The van der Waals surface area contributed by atoms with Gasteiger partial charge in [-0.1, -0.05) is 13.0 Å². The molecule has 1 aromatic carbocycles. The van der Waals surface area contributed by atoms with Crippen molar-refractivity contribution in [2.75, 3.05) is 6.61 Å². The zero-order valence-corrected chi connectivity index (χ0v) is 11.1. The fourth-order valence-corrected chi connectivity index (χ4v) is 2.54. The van der Waals surface area contributed by atoms with Gasteiger partial charge in [0.05, 0.1) is 6.61 Å². The Bertz CT molecular complexity index is 544. The molecule has 3 atom stereocenters. The average Bonchev–Trinajstić information content (AvgIpc) is 2.77. The molecule has 1 aliphatic rings. The van der Waals surface area contributed by atoms with Crippen molar-refractivity contribution >= 4 is 0 Å². The van der Waals surface area contributed by atoms with Crippen molar-refractivity contribution in [1.82, 2.24) is 0 Å². The smallest absolute Gasteiger partial charge is 0.414 e. The second-order valence-corrected chi connectivity index (χ2v) is 4.92. The van der Waals surface area contributed by atoms with Crippen LogP contribution in [0, 0.1) is 17.6 Å². The molecule has 1 fully saturated rings. The highest BCUT2D eigenvalue weighted by Gasteiger charge is 2.51. The predicted molar refractivity (Wildman–Crippen MR) is 60.7 cm³/mol. The van der Waals surface area contributed by atoms with Crippen LogP contribution in [-0.4, -0.2) is 25.5 Å². The third-order valence-electron chi connectivity index (χ3n) is 3.58. The van der Waals surface area contributed by atoms with E-state index in [0.29, 0.717) is 6.07 Å². The summed E-state index contributed by atoms with van der Waals surface area (Å²) in [5, 5.41) is 0. The molecule has 0 radical (unpaired) electrons. The van der Waals surface area contributed by atoms with Gasteiger partial charge in [-0.3, -0.25) is 0 Å². The van der Waals surface area contributed by atoms with Crippen molar-refractivity contribution in [3.63, 3.8) is 0 Å². The van der Waals surface area contributed by atoms with E-state index in [4.69, 9.17) is 0 Å². The van der Waals surface area contributed by atoms with Gasteiger partial charge < -0.3 is 9.47 Å². The molecule has 0 aliphatic carbocycles. The van der Waals surface area contributed by atoms with Crippen LogP contribution < -0.4 is 4.74 Å². The van der Waals surface area contributed by atoms with Gasteiger partial charge in [-0.05, 0) is 6.07 Å². The monoisotopic (exact) mass is 332 g/mol. The first-order valence-electron chi connectivity index (χ1n) is 6.24. The predicted octanol–water partition coefficient (Wildman–Crippen LogP) is 4.25. The Morgan fingerprint density at radius 3 is 2.36 bits per heavy atom. The first kappa shape index (κ1) is 16.9. The van der Waals surface area contributed by atoms with Crippen molar-refractivity contribution in [1.29, 1.82) is 0 Å². The number of alkyl halides is 5. The molecule has 1 aliphatic heterocycles. The van der Waals surface area contributed by atoms with Gasteiger partial charge in [0.2, 0.25) is 5.82 Å². The molecule has 0 spiro atoms. The van der Waals surface area contributed by atoms with Gasteiger partial charge in [0, 0.05) is 17.4 Å². The molecule has 0 bridgehead atoms. The molecule has 0 saturated carbocycles. The zero-order chi connectivity index (χ0) is 16.7. The maximum Gasteiger partial charge on any atom is 0.414 e. The van der Waals surface area contributed by atoms with E-state index in [2.05, 4.69) is 9.47 Å². The number of halogens is 7. The third kappa shape index (κ3) is 3.13. The number of ether oxygens (including phenoxy) is 2. The summed E-state index contributed by atoms with van der Waals surface area (Å²) in [4.78, 5) is 0. The first-order chi connectivity index (χ1) is 10.1. The van der Waals surface area contributed by atoms with Crippen LogP contribution in [0.15, 0.2) is 12.1 Å². The molecule has 3 unspecified atom stereocenters. The van der Waals surface area contributed by atoms with E-state index in [9.17, 15) is 30.7 Å². The van der Waals surface area contributed by atoms with Gasteiger partial charge in [-0.2, -0.15) is 26.3 Å². The van der Waals surface area contributed by atoms with Crippen LogP contribution in [0.25, 0.3) is 0 Å². The molecule has 1 aromatic rings. The Morgan fingerprint density at radius 1 is 1.23 bits per heavy atom. The quantitative estimate of drug-likeness (QED) is 0.771. The summed E-state index contributed by atoms with van der Waals surface area (Å²) in [6, 6.07) is 1.58. The summed E-state index contributed by atoms with van der Waals surface area (Å²) >= 11 is 0. The van der Waals surface area contributed by atoms with E-state index in [1.54, 1.807) is 0 Å². The lowest BCUT2D eigenvalue weighted by atomic mass is 9.86. The van der Waals surface area contributed by atoms with Crippen LogP contribution in [0.5, 0.6) is 5.75 Å². The van der Waals surface area contributed by atoms with E-state index >= 15 is 0 Å². The minimum Gasteiger partial charge on any atom is -0.431 e. The number of hydrogen-bond donors (Lipinski definition) is 0. The minimum absolute atomic E-state index is 0.279. The van der Waals surface area contributed by atoms with Gasteiger partial charge in [0.25, 0.3) is 0 Å². The highest BCUT2D eigenvalue weighted by molar-refractivity contribution is 5.39. The second kappa shape index (κ2) is 5.94. The molecular weight excluding hydrogens is 321 g/mol. The molecule has 22 heavy (non-hydrogen) atoms. The Morgan fingerprint density at radius 2 is 1.86 bits per heavy atom. The molecule has 1 heterocycles. The van der Waals surface area contributed by atoms with Gasteiger partial charge in [-0.15, -0.1) is 0 Å². The van der Waals surface area contributed by atoms with Gasteiger partial charge >= 0.3 is 12.8 Å². The lowest BCUT2D eigenvalue weighted by molar-refractivity contribution is -0.215. The average molecular weight is 332 g/mol. The van der Waals surface area contributed by atoms with Crippen LogP contribution in [0.1, 0.15) is 18.4 Å².